The van der Waals surface area contributed by atoms with Crippen LogP contribution in [0.25, 0.3) is 0 Å². The molecule has 3 N–H and O–H groups in total. The lowest BCUT2D eigenvalue weighted by molar-refractivity contribution is -0.149. The van der Waals surface area contributed by atoms with Crippen LogP contribution in [-0.4, -0.2) is 69.1 Å². The number of aromatic amines is 1. The van der Waals surface area contributed by atoms with Crippen LogP contribution in [0.15, 0.2) is 34.3 Å². The summed E-state index contributed by atoms with van der Waals surface area (Å²) in [5, 5.41) is 13.1. The van der Waals surface area contributed by atoms with Gasteiger partial charge < -0.3 is 14.6 Å². The Labute approximate surface area is 235 Å². The first-order chi connectivity index (χ1) is 18.4. The number of carbonyl (C=O) groups excluding carboxylic acids is 2. The number of esters is 1. The maximum absolute atomic E-state index is 14.4. The number of aliphatic hydroxyl groups excluding tert-OH is 1. The Morgan fingerprint density at radius 1 is 1.30 bits per heavy atom. The van der Waals surface area contributed by atoms with Crippen LogP contribution in [-0.2, 0) is 32.7 Å². The van der Waals surface area contributed by atoms with Crippen molar-refractivity contribution in [2.24, 2.45) is 11.3 Å². The van der Waals surface area contributed by atoms with Crippen LogP contribution in [0.4, 0.5) is 4.39 Å². The zero-order chi connectivity index (χ0) is 30.4. The maximum atomic E-state index is 14.4. The Kier molecular flexibility index (Phi) is 12.1. The van der Waals surface area contributed by atoms with Gasteiger partial charge in [-0.3, -0.25) is 33.0 Å². The standard InChI is InChI=1S/C24H37FN3O10PS/c1-13(2)37-21(31)15(4)27-39(34,35-10-11-40-22(32)24(5,6)7)36-12-16-18(14(3)25)19(30)20(38-16)28-9-8-17(29)26-23(28)33/h8-9,13,15-16,18-20,30H,3,10-12H2,1-2,4-7H3,(H,27,34)(H,26,29,33)/t15?,16-,18-,19-,20-,39?/m1/s1. The molecule has 0 bridgehead atoms. The molecule has 226 valence electrons. The minimum absolute atomic E-state index is 0.116. The number of nitrogens with zero attached hydrogens (tertiary/aromatic N) is 1. The van der Waals surface area contributed by atoms with Gasteiger partial charge in [-0.1, -0.05) is 39.1 Å². The van der Waals surface area contributed by atoms with E-state index in [0.29, 0.717) is 0 Å². The van der Waals surface area contributed by atoms with Gasteiger partial charge in [-0.2, -0.15) is 0 Å². The van der Waals surface area contributed by atoms with E-state index in [-0.39, 0.29) is 17.5 Å². The van der Waals surface area contributed by atoms with Gasteiger partial charge in [0.05, 0.1) is 31.3 Å². The molecule has 40 heavy (non-hydrogen) atoms. The smallest absolute Gasteiger partial charge is 0.406 e. The van der Waals surface area contributed by atoms with Crippen molar-refractivity contribution in [3.05, 3.63) is 45.5 Å². The van der Waals surface area contributed by atoms with E-state index in [9.17, 15) is 33.2 Å². The molecule has 1 saturated heterocycles. The topological polar surface area (TPSA) is 175 Å². The van der Waals surface area contributed by atoms with Gasteiger partial charge in [0.1, 0.15) is 18.0 Å². The highest BCUT2D eigenvalue weighted by atomic mass is 32.2. The van der Waals surface area contributed by atoms with E-state index in [1.165, 1.54) is 6.92 Å². The second-order valence-corrected chi connectivity index (χ2v) is 13.2. The number of ether oxygens (including phenoxy) is 2. The van der Waals surface area contributed by atoms with Crippen molar-refractivity contribution in [3.63, 3.8) is 0 Å². The average molecular weight is 610 g/mol. The van der Waals surface area contributed by atoms with Crippen LogP contribution in [0.1, 0.15) is 47.8 Å². The molecule has 0 amide bonds. The molecule has 2 heterocycles. The molecule has 16 heteroatoms. The van der Waals surface area contributed by atoms with Crippen LogP contribution in [0.3, 0.4) is 0 Å². The molecule has 0 aromatic carbocycles. The van der Waals surface area contributed by atoms with E-state index in [2.05, 4.69) is 11.7 Å². The molecule has 0 saturated carbocycles. The fourth-order valence-electron chi connectivity index (χ4n) is 3.55. The number of halogens is 1. The van der Waals surface area contributed by atoms with Crippen molar-refractivity contribution in [1.29, 1.82) is 0 Å². The van der Waals surface area contributed by atoms with Crippen molar-refractivity contribution in [3.8, 4) is 0 Å². The summed E-state index contributed by atoms with van der Waals surface area (Å²) >= 11 is 0.969. The Morgan fingerprint density at radius 2 is 1.95 bits per heavy atom. The fraction of sp³-hybridized carbons (Fsp3) is 0.667. The van der Waals surface area contributed by atoms with Crippen LogP contribution in [0.5, 0.6) is 0 Å². The molecular formula is C24H37FN3O10PS. The lowest BCUT2D eigenvalue weighted by Gasteiger charge is -2.25. The molecule has 1 fully saturated rings. The third-order valence-electron chi connectivity index (χ3n) is 5.52. The summed E-state index contributed by atoms with van der Waals surface area (Å²) in [4.78, 5) is 50.1. The normalized spacial score (nSPS) is 23.5. The van der Waals surface area contributed by atoms with Crippen LogP contribution in [0, 0.1) is 11.3 Å². The summed E-state index contributed by atoms with van der Waals surface area (Å²) in [5.74, 6) is -3.01. The average Bonchev–Trinajstić information content (AvgIpc) is 3.15. The SMILES string of the molecule is C=C(F)[C@H]1[C@@H](O)[C@H](n2ccc(=O)[nH]c2=O)O[C@@H]1COP(=O)(NC(C)C(=O)OC(C)C)OCCSC(=O)C(C)(C)C. The fourth-order valence-corrected chi connectivity index (χ4v) is 5.93. The number of thioether (sulfide) groups is 1. The predicted molar refractivity (Wildman–Crippen MR) is 145 cm³/mol. The summed E-state index contributed by atoms with van der Waals surface area (Å²) < 4.78 is 50.6. The van der Waals surface area contributed by atoms with Gasteiger partial charge in [-0.15, -0.1) is 0 Å². The molecule has 1 aromatic rings. The van der Waals surface area contributed by atoms with E-state index in [1.54, 1.807) is 34.6 Å². The number of H-pyrrole nitrogens is 1. The highest BCUT2D eigenvalue weighted by Gasteiger charge is 2.48. The number of hydrogen-bond acceptors (Lipinski definition) is 11. The minimum atomic E-state index is -4.32. The molecule has 0 radical (unpaired) electrons. The predicted octanol–water partition coefficient (Wildman–Crippen LogP) is 2.27. The Bertz CT molecular complexity index is 1230. The molecule has 2 rings (SSSR count). The van der Waals surface area contributed by atoms with E-state index in [4.69, 9.17) is 18.5 Å². The summed E-state index contributed by atoms with van der Waals surface area (Å²) in [7, 11) is -4.32. The minimum Gasteiger partial charge on any atom is -0.462 e. The van der Waals surface area contributed by atoms with Gasteiger partial charge in [0.2, 0.25) is 0 Å². The molecule has 13 nitrogen and oxygen atoms in total. The Morgan fingerprint density at radius 3 is 2.50 bits per heavy atom. The number of aromatic nitrogens is 2. The van der Waals surface area contributed by atoms with E-state index in [1.807, 2.05) is 4.98 Å². The quantitative estimate of drug-likeness (QED) is 0.169. The lowest BCUT2D eigenvalue weighted by atomic mass is 9.97. The number of nitrogens with one attached hydrogen (secondary N) is 2. The molecule has 0 spiro atoms. The maximum Gasteiger partial charge on any atom is 0.406 e. The van der Waals surface area contributed by atoms with Gasteiger partial charge in [-0.05, 0) is 20.8 Å². The first-order valence-corrected chi connectivity index (χ1v) is 15.0. The third kappa shape index (κ3) is 9.47. The second-order valence-electron chi connectivity index (χ2n) is 10.4. The second kappa shape index (κ2) is 14.2. The first kappa shape index (κ1) is 34.1. The lowest BCUT2D eigenvalue weighted by Crippen LogP contribution is -2.37. The zero-order valence-corrected chi connectivity index (χ0v) is 25.0. The van der Waals surface area contributed by atoms with E-state index >= 15 is 0 Å². The van der Waals surface area contributed by atoms with Gasteiger partial charge in [0.25, 0.3) is 5.56 Å². The van der Waals surface area contributed by atoms with Crippen molar-refractivity contribution >= 4 is 30.6 Å². The highest BCUT2D eigenvalue weighted by molar-refractivity contribution is 8.13. The van der Waals surface area contributed by atoms with Crippen molar-refractivity contribution in [2.45, 2.75) is 72.1 Å². The van der Waals surface area contributed by atoms with E-state index in [0.717, 1.165) is 28.6 Å². The molecule has 1 aliphatic heterocycles. The zero-order valence-electron chi connectivity index (χ0n) is 23.2. The molecule has 0 aliphatic carbocycles. The van der Waals surface area contributed by atoms with Crippen LogP contribution < -0.4 is 16.3 Å². The van der Waals surface area contributed by atoms with Gasteiger partial charge in [-0.25, -0.2) is 18.8 Å². The first-order valence-electron chi connectivity index (χ1n) is 12.5. The number of rotatable bonds is 13. The van der Waals surface area contributed by atoms with Gasteiger partial charge in [0, 0.05) is 23.4 Å². The third-order valence-corrected chi connectivity index (χ3v) is 8.48. The number of aliphatic hydroxyl groups is 1. The largest absolute Gasteiger partial charge is 0.462 e. The van der Waals surface area contributed by atoms with Crippen LogP contribution in [0.2, 0.25) is 0 Å². The number of carbonyl (C=O) groups is 2. The van der Waals surface area contributed by atoms with Gasteiger partial charge in [0.15, 0.2) is 11.3 Å². The monoisotopic (exact) mass is 609 g/mol. The van der Waals surface area contributed by atoms with E-state index < -0.39 is 79.3 Å². The summed E-state index contributed by atoms with van der Waals surface area (Å²) in [6, 6.07) is -0.126. The number of hydrogen-bond donors (Lipinski definition) is 3. The van der Waals surface area contributed by atoms with Crippen molar-refractivity contribution in [2.75, 3.05) is 19.0 Å². The van der Waals surface area contributed by atoms with Crippen molar-refractivity contribution in [1.82, 2.24) is 14.6 Å². The molecule has 1 aliphatic rings. The van der Waals surface area contributed by atoms with Gasteiger partial charge >= 0.3 is 19.4 Å². The summed E-state index contributed by atoms with van der Waals surface area (Å²) in [6.45, 7) is 12.3. The summed E-state index contributed by atoms with van der Waals surface area (Å²) in [5.41, 5.74) is -2.19. The van der Waals surface area contributed by atoms with Crippen molar-refractivity contribution < 1.29 is 42.2 Å². The summed E-state index contributed by atoms with van der Waals surface area (Å²) in [6.07, 6.45) is -3.73. The Balaban J connectivity index is 2.21. The molecular weight excluding hydrogens is 572 g/mol. The van der Waals surface area contributed by atoms with Crippen LogP contribution >= 0.6 is 19.5 Å². The highest BCUT2D eigenvalue weighted by Crippen LogP contribution is 2.47. The molecule has 6 atom stereocenters. The molecule has 2 unspecified atom stereocenters. The molecule has 1 aromatic heterocycles. The Hall–Kier alpha value is -2.13.